The Morgan fingerprint density at radius 3 is 2.71 bits per heavy atom. The molecule has 0 radical (unpaired) electrons. The van der Waals surface area contributed by atoms with E-state index in [1.807, 2.05) is 44.3 Å². The number of hydrogen-bond donors (Lipinski definition) is 1. The van der Waals surface area contributed by atoms with Crippen LogP contribution in [0.15, 0.2) is 34.7 Å². The summed E-state index contributed by atoms with van der Waals surface area (Å²) in [6.07, 6.45) is 0. The van der Waals surface area contributed by atoms with E-state index in [1.54, 1.807) is 0 Å². The van der Waals surface area contributed by atoms with Crippen molar-refractivity contribution in [3.8, 4) is 11.3 Å². The first-order chi connectivity index (χ1) is 8.13. The van der Waals surface area contributed by atoms with E-state index in [4.69, 9.17) is 16.0 Å². The average Bonchev–Trinajstić information content (AvgIpc) is 2.81. The molecule has 0 bridgehead atoms. The third kappa shape index (κ3) is 2.38. The normalized spacial score (nSPS) is 12.7. The van der Waals surface area contributed by atoms with Gasteiger partial charge in [0.25, 0.3) is 0 Å². The van der Waals surface area contributed by atoms with Gasteiger partial charge in [0.1, 0.15) is 11.5 Å². The van der Waals surface area contributed by atoms with Crippen molar-refractivity contribution < 1.29 is 4.42 Å². The van der Waals surface area contributed by atoms with Crippen LogP contribution in [-0.4, -0.2) is 7.05 Å². The second-order valence-corrected chi connectivity index (χ2v) is 4.53. The molecule has 90 valence electrons. The van der Waals surface area contributed by atoms with E-state index in [2.05, 4.69) is 12.2 Å². The minimum absolute atomic E-state index is 0.211. The molecule has 0 saturated carbocycles. The van der Waals surface area contributed by atoms with Crippen LogP contribution in [-0.2, 0) is 0 Å². The molecule has 17 heavy (non-hydrogen) atoms. The van der Waals surface area contributed by atoms with E-state index in [9.17, 15) is 0 Å². The van der Waals surface area contributed by atoms with Crippen molar-refractivity contribution >= 4 is 11.6 Å². The second kappa shape index (κ2) is 4.94. The molecule has 0 spiro atoms. The smallest absolute Gasteiger partial charge is 0.134 e. The summed E-state index contributed by atoms with van der Waals surface area (Å²) in [6, 6.07) is 10.0. The summed E-state index contributed by atoms with van der Waals surface area (Å²) in [6.45, 7) is 4.06. The van der Waals surface area contributed by atoms with Gasteiger partial charge in [-0.2, -0.15) is 0 Å². The van der Waals surface area contributed by atoms with Gasteiger partial charge >= 0.3 is 0 Å². The Hall–Kier alpha value is -1.25. The lowest BCUT2D eigenvalue weighted by Crippen LogP contribution is -2.11. The zero-order chi connectivity index (χ0) is 12.4. The predicted molar refractivity (Wildman–Crippen MR) is 71.4 cm³/mol. The molecule has 0 aliphatic carbocycles. The van der Waals surface area contributed by atoms with Crippen LogP contribution in [0.4, 0.5) is 0 Å². The van der Waals surface area contributed by atoms with Crippen LogP contribution < -0.4 is 5.32 Å². The molecular formula is C14H16ClNO. The Labute approximate surface area is 107 Å². The van der Waals surface area contributed by atoms with Crippen molar-refractivity contribution in [3.05, 3.63) is 46.7 Å². The molecule has 1 unspecified atom stereocenters. The molecule has 0 aliphatic rings. The average molecular weight is 250 g/mol. The van der Waals surface area contributed by atoms with E-state index < -0.39 is 0 Å². The lowest BCUT2D eigenvalue weighted by Gasteiger charge is -2.07. The molecule has 1 atom stereocenters. The largest absolute Gasteiger partial charge is 0.459 e. The van der Waals surface area contributed by atoms with Crippen LogP contribution >= 0.6 is 11.6 Å². The number of hydrogen-bond acceptors (Lipinski definition) is 2. The van der Waals surface area contributed by atoms with Crippen molar-refractivity contribution in [2.24, 2.45) is 0 Å². The highest BCUT2D eigenvalue weighted by Crippen LogP contribution is 2.30. The highest BCUT2D eigenvalue weighted by atomic mass is 35.5. The zero-order valence-electron chi connectivity index (χ0n) is 10.3. The molecule has 0 aliphatic heterocycles. The molecule has 0 saturated heterocycles. The minimum atomic E-state index is 0.211. The summed E-state index contributed by atoms with van der Waals surface area (Å²) < 4.78 is 5.84. The van der Waals surface area contributed by atoms with E-state index in [1.165, 1.54) is 0 Å². The van der Waals surface area contributed by atoms with Crippen molar-refractivity contribution in [1.82, 2.24) is 5.32 Å². The van der Waals surface area contributed by atoms with Gasteiger partial charge in [0.05, 0.1) is 6.04 Å². The van der Waals surface area contributed by atoms with Gasteiger partial charge in [0, 0.05) is 10.6 Å². The SMILES string of the molecule is CNC(C)c1ccc(-c2cccc(Cl)c2C)o1. The Bertz CT molecular complexity index is 519. The number of furan rings is 1. The summed E-state index contributed by atoms with van der Waals surface area (Å²) >= 11 is 6.11. The van der Waals surface area contributed by atoms with Crippen LogP contribution in [0.2, 0.25) is 5.02 Å². The van der Waals surface area contributed by atoms with E-state index in [0.29, 0.717) is 0 Å². The summed E-state index contributed by atoms with van der Waals surface area (Å²) in [4.78, 5) is 0. The summed E-state index contributed by atoms with van der Waals surface area (Å²) in [5, 5.41) is 3.92. The summed E-state index contributed by atoms with van der Waals surface area (Å²) in [7, 11) is 1.91. The minimum Gasteiger partial charge on any atom is -0.459 e. The van der Waals surface area contributed by atoms with Gasteiger partial charge in [0.15, 0.2) is 0 Å². The maximum absolute atomic E-state index is 6.11. The summed E-state index contributed by atoms with van der Waals surface area (Å²) in [5.41, 5.74) is 2.10. The molecule has 3 heteroatoms. The third-order valence-corrected chi connectivity index (χ3v) is 3.43. The number of rotatable bonds is 3. The Morgan fingerprint density at radius 2 is 2.00 bits per heavy atom. The number of nitrogens with one attached hydrogen (secondary N) is 1. The molecule has 2 rings (SSSR count). The molecule has 2 aromatic rings. The second-order valence-electron chi connectivity index (χ2n) is 4.12. The highest BCUT2D eigenvalue weighted by Gasteiger charge is 2.12. The lowest BCUT2D eigenvalue weighted by atomic mass is 10.1. The van der Waals surface area contributed by atoms with Gasteiger partial charge in [-0.25, -0.2) is 0 Å². The van der Waals surface area contributed by atoms with Crippen LogP contribution in [0.5, 0.6) is 0 Å². The first-order valence-electron chi connectivity index (χ1n) is 5.66. The Balaban J connectivity index is 2.40. The fraction of sp³-hybridized carbons (Fsp3) is 0.286. The molecule has 1 N–H and O–H groups in total. The molecular weight excluding hydrogens is 234 g/mol. The topological polar surface area (TPSA) is 25.2 Å². The van der Waals surface area contributed by atoms with Gasteiger partial charge in [-0.3, -0.25) is 0 Å². The van der Waals surface area contributed by atoms with Gasteiger partial charge in [-0.15, -0.1) is 0 Å². The van der Waals surface area contributed by atoms with Crippen molar-refractivity contribution in [1.29, 1.82) is 0 Å². The van der Waals surface area contributed by atoms with Gasteiger partial charge in [-0.1, -0.05) is 23.7 Å². The van der Waals surface area contributed by atoms with Crippen LogP contribution in [0.1, 0.15) is 24.3 Å². The van der Waals surface area contributed by atoms with Crippen molar-refractivity contribution in [2.75, 3.05) is 7.05 Å². The maximum Gasteiger partial charge on any atom is 0.134 e. The van der Waals surface area contributed by atoms with Gasteiger partial charge in [-0.05, 0) is 44.7 Å². The quantitative estimate of drug-likeness (QED) is 0.883. The maximum atomic E-state index is 6.11. The molecule has 0 amide bonds. The van der Waals surface area contributed by atoms with Crippen LogP contribution in [0, 0.1) is 6.92 Å². The fourth-order valence-corrected chi connectivity index (χ4v) is 1.92. The number of benzene rings is 1. The van der Waals surface area contributed by atoms with Crippen molar-refractivity contribution in [3.63, 3.8) is 0 Å². The third-order valence-electron chi connectivity index (χ3n) is 3.02. The predicted octanol–water partition coefficient (Wildman–Crippen LogP) is 4.19. The molecule has 2 nitrogen and oxygen atoms in total. The number of halogens is 1. The van der Waals surface area contributed by atoms with Crippen LogP contribution in [0.25, 0.3) is 11.3 Å². The molecule has 1 aromatic carbocycles. The fourth-order valence-electron chi connectivity index (χ4n) is 1.75. The first-order valence-corrected chi connectivity index (χ1v) is 6.03. The molecule has 0 fully saturated rings. The molecule has 1 heterocycles. The standard InChI is InChI=1S/C14H16ClNO/c1-9-11(5-4-6-12(9)15)14-8-7-13(17-14)10(2)16-3/h4-8,10,16H,1-3H3. The monoisotopic (exact) mass is 249 g/mol. The zero-order valence-corrected chi connectivity index (χ0v) is 11.0. The van der Waals surface area contributed by atoms with Crippen LogP contribution in [0.3, 0.4) is 0 Å². The molecule has 1 aromatic heterocycles. The van der Waals surface area contributed by atoms with Crippen molar-refractivity contribution in [2.45, 2.75) is 19.9 Å². The van der Waals surface area contributed by atoms with E-state index >= 15 is 0 Å². The van der Waals surface area contributed by atoms with E-state index in [-0.39, 0.29) is 6.04 Å². The lowest BCUT2D eigenvalue weighted by molar-refractivity contribution is 0.458. The van der Waals surface area contributed by atoms with E-state index in [0.717, 1.165) is 27.7 Å². The first kappa shape index (κ1) is 12.2. The van der Waals surface area contributed by atoms with Gasteiger partial charge < -0.3 is 9.73 Å². The summed E-state index contributed by atoms with van der Waals surface area (Å²) in [5.74, 6) is 1.80. The Morgan fingerprint density at radius 1 is 1.24 bits per heavy atom. The van der Waals surface area contributed by atoms with Gasteiger partial charge in [0.2, 0.25) is 0 Å². The highest BCUT2D eigenvalue weighted by molar-refractivity contribution is 6.31. The Kier molecular flexibility index (Phi) is 3.55.